The smallest absolute Gasteiger partial charge is 0.269 e. The number of nitrogen functional groups attached to an aromatic ring is 1. The van der Waals surface area contributed by atoms with Gasteiger partial charge in [0.05, 0.1) is 16.8 Å². The van der Waals surface area contributed by atoms with Crippen LogP contribution in [0.2, 0.25) is 0 Å². The van der Waals surface area contributed by atoms with E-state index >= 15 is 0 Å². The molecule has 1 aromatic heterocycles. The van der Waals surface area contributed by atoms with Crippen LogP contribution in [0.4, 0.5) is 11.4 Å². The third kappa shape index (κ3) is 2.79. The summed E-state index contributed by atoms with van der Waals surface area (Å²) in [5.74, 6) is 0.970. The molecule has 0 spiro atoms. The Bertz CT molecular complexity index is 641. The summed E-state index contributed by atoms with van der Waals surface area (Å²) in [6.45, 7) is 3.58. The van der Waals surface area contributed by atoms with E-state index in [1.54, 1.807) is 19.1 Å². The molecule has 1 aromatic carbocycles. The van der Waals surface area contributed by atoms with Crippen molar-refractivity contribution >= 4 is 11.4 Å². The second-order valence-corrected chi connectivity index (χ2v) is 4.20. The lowest BCUT2D eigenvalue weighted by Gasteiger charge is -2.10. The summed E-state index contributed by atoms with van der Waals surface area (Å²) >= 11 is 0. The minimum Gasteiger partial charge on any atom is -0.438 e. The number of ether oxygens (including phenoxy) is 1. The molecule has 0 radical (unpaired) electrons. The first-order chi connectivity index (χ1) is 8.97. The van der Waals surface area contributed by atoms with Crippen molar-refractivity contribution < 1.29 is 9.66 Å². The zero-order valence-electron chi connectivity index (χ0n) is 10.6. The molecule has 0 aliphatic rings. The fourth-order valence-corrected chi connectivity index (χ4v) is 1.66. The van der Waals surface area contributed by atoms with Crippen LogP contribution in [0.1, 0.15) is 11.1 Å². The van der Waals surface area contributed by atoms with E-state index in [0.717, 1.165) is 5.56 Å². The molecule has 2 aromatic rings. The number of nitro benzene ring substituents is 1. The van der Waals surface area contributed by atoms with Crippen molar-refractivity contribution in [3.8, 4) is 11.6 Å². The van der Waals surface area contributed by atoms with E-state index in [0.29, 0.717) is 22.9 Å². The molecule has 2 N–H and O–H groups in total. The van der Waals surface area contributed by atoms with Gasteiger partial charge in [0.25, 0.3) is 5.69 Å². The molecule has 98 valence electrons. The third-order valence-corrected chi connectivity index (χ3v) is 2.63. The number of aromatic nitrogens is 1. The van der Waals surface area contributed by atoms with Gasteiger partial charge in [-0.3, -0.25) is 10.1 Å². The van der Waals surface area contributed by atoms with E-state index in [1.807, 2.05) is 6.92 Å². The number of hydrogen-bond donors (Lipinski definition) is 1. The summed E-state index contributed by atoms with van der Waals surface area (Å²) in [4.78, 5) is 14.3. The molecule has 2 rings (SSSR count). The van der Waals surface area contributed by atoms with Gasteiger partial charge in [-0.1, -0.05) is 0 Å². The van der Waals surface area contributed by atoms with Crippen LogP contribution >= 0.6 is 0 Å². The SMILES string of the molecule is Cc1cc([N+](=O)[O-])ccc1Oc1ncc(N)cc1C. The monoisotopic (exact) mass is 259 g/mol. The highest BCUT2D eigenvalue weighted by Gasteiger charge is 2.11. The van der Waals surface area contributed by atoms with Crippen LogP contribution in [0.3, 0.4) is 0 Å². The van der Waals surface area contributed by atoms with Crippen molar-refractivity contribution in [3.63, 3.8) is 0 Å². The minimum atomic E-state index is -0.441. The van der Waals surface area contributed by atoms with Gasteiger partial charge >= 0.3 is 0 Å². The largest absolute Gasteiger partial charge is 0.438 e. The van der Waals surface area contributed by atoms with Crippen molar-refractivity contribution in [3.05, 3.63) is 51.7 Å². The van der Waals surface area contributed by atoms with Gasteiger partial charge < -0.3 is 10.5 Å². The Morgan fingerprint density at radius 2 is 2.00 bits per heavy atom. The van der Waals surface area contributed by atoms with Gasteiger partial charge in [0.1, 0.15) is 5.75 Å². The maximum Gasteiger partial charge on any atom is 0.269 e. The Balaban J connectivity index is 2.31. The Morgan fingerprint density at radius 1 is 1.26 bits per heavy atom. The van der Waals surface area contributed by atoms with E-state index in [4.69, 9.17) is 10.5 Å². The number of nitrogens with two attached hydrogens (primary N) is 1. The van der Waals surface area contributed by atoms with Crippen LogP contribution in [0, 0.1) is 24.0 Å². The van der Waals surface area contributed by atoms with Crippen molar-refractivity contribution in [1.82, 2.24) is 4.98 Å². The van der Waals surface area contributed by atoms with Crippen LogP contribution in [-0.4, -0.2) is 9.91 Å². The lowest BCUT2D eigenvalue weighted by atomic mass is 10.2. The van der Waals surface area contributed by atoms with Gasteiger partial charge in [-0.15, -0.1) is 0 Å². The first-order valence-electron chi connectivity index (χ1n) is 5.62. The minimum absolute atomic E-state index is 0.0341. The number of hydrogen-bond acceptors (Lipinski definition) is 5. The fourth-order valence-electron chi connectivity index (χ4n) is 1.66. The summed E-state index contributed by atoms with van der Waals surface area (Å²) in [6.07, 6.45) is 1.50. The highest BCUT2D eigenvalue weighted by atomic mass is 16.6. The molecular formula is C13H13N3O3. The zero-order chi connectivity index (χ0) is 14.0. The molecule has 0 aliphatic heterocycles. The number of pyridine rings is 1. The maximum absolute atomic E-state index is 10.7. The normalized spacial score (nSPS) is 10.2. The molecule has 0 aliphatic carbocycles. The van der Waals surface area contributed by atoms with Gasteiger partial charge in [0, 0.05) is 17.7 Å². The number of benzene rings is 1. The number of nitrogens with zero attached hydrogens (tertiary/aromatic N) is 2. The summed E-state index contributed by atoms with van der Waals surface area (Å²) in [7, 11) is 0. The molecule has 19 heavy (non-hydrogen) atoms. The first-order valence-corrected chi connectivity index (χ1v) is 5.62. The quantitative estimate of drug-likeness (QED) is 0.675. The Morgan fingerprint density at radius 3 is 2.58 bits per heavy atom. The van der Waals surface area contributed by atoms with Crippen LogP contribution in [0.5, 0.6) is 11.6 Å². The molecule has 6 heteroatoms. The van der Waals surface area contributed by atoms with Crippen LogP contribution in [-0.2, 0) is 0 Å². The van der Waals surface area contributed by atoms with Crippen molar-refractivity contribution in [1.29, 1.82) is 0 Å². The highest BCUT2D eigenvalue weighted by Crippen LogP contribution is 2.29. The van der Waals surface area contributed by atoms with Crippen molar-refractivity contribution in [2.24, 2.45) is 0 Å². The Labute approximate surface area is 110 Å². The molecule has 1 heterocycles. The predicted molar refractivity (Wildman–Crippen MR) is 71.3 cm³/mol. The van der Waals surface area contributed by atoms with E-state index in [1.165, 1.54) is 18.3 Å². The average molecular weight is 259 g/mol. The average Bonchev–Trinajstić information content (AvgIpc) is 2.34. The summed E-state index contributed by atoms with van der Waals surface area (Å²) in [6, 6.07) is 6.17. The van der Waals surface area contributed by atoms with E-state index in [-0.39, 0.29) is 5.69 Å². The van der Waals surface area contributed by atoms with E-state index in [2.05, 4.69) is 4.98 Å². The number of nitro groups is 1. The van der Waals surface area contributed by atoms with E-state index < -0.39 is 4.92 Å². The Hall–Kier alpha value is -2.63. The molecule has 0 atom stereocenters. The lowest BCUT2D eigenvalue weighted by molar-refractivity contribution is -0.384. The Kier molecular flexibility index (Phi) is 3.33. The predicted octanol–water partition coefficient (Wildman–Crippen LogP) is 2.98. The highest BCUT2D eigenvalue weighted by molar-refractivity contribution is 5.47. The molecule has 0 saturated heterocycles. The molecular weight excluding hydrogens is 246 g/mol. The first kappa shape index (κ1) is 12.8. The van der Waals surface area contributed by atoms with Crippen molar-refractivity contribution in [2.75, 3.05) is 5.73 Å². The molecule has 0 unspecified atom stereocenters. The number of aryl methyl sites for hydroxylation is 2. The molecule has 0 fully saturated rings. The number of anilines is 1. The van der Waals surface area contributed by atoms with Gasteiger partial charge in [-0.25, -0.2) is 4.98 Å². The maximum atomic E-state index is 10.7. The fraction of sp³-hybridized carbons (Fsp3) is 0.154. The summed E-state index contributed by atoms with van der Waals surface area (Å²) in [5, 5.41) is 10.7. The number of non-ortho nitro benzene ring substituents is 1. The van der Waals surface area contributed by atoms with Crippen LogP contribution in [0.25, 0.3) is 0 Å². The van der Waals surface area contributed by atoms with Crippen molar-refractivity contribution in [2.45, 2.75) is 13.8 Å². The summed E-state index contributed by atoms with van der Waals surface area (Å²) < 4.78 is 5.64. The lowest BCUT2D eigenvalue weighted by Crippen LogP contribution is -1.96. The standard InChI is InChI=1S/C13H13N3O3/c1-8-6-11(16(17)18)3-4-12(8)19-13-9(2)5-10(14)7-15-13/h3-7H,14H2,1-2H3. The molecule has 0 saturated carbocycles. The van der Waals surface area contributed by atoms with Gasteiger partial charge in [0.2, 0.25) is 5.88 Å². The molecule has 6 nitrogen and oxygen atoms in total. The van der Waals surface area contributed by atoms with Crippen LogP contribution < -0.4 is 10.5 Å². The second-order valence-electron chi connectivity index (χ2n) is 4.20. The number of rotatable bonds is 3. The van der Waals surface area contributed by atoms with Gasteiger partial charge in [-0.05, 0) is 31.5 Å². The topological polar surface area (TPSA) is 91.3 Å². The van der Waals surface area contributed by atoms with Crippen LogP contribution in [0.15, 0.2) is 30.5 Å². The second kappa shape index (κ2) is 4.93. The third-order valence-electron chi connectivity index (χ3n) is 2.63. The molecule has 0 bridgehead atoms. The molecule has 0 amide bonds. The summed E-state index contributed by atoms with van der Waals surface area (Å²) in [5.41, 5.74) is 7.68. The van der Waals surface area contributed by atoms with Gasteiger partial charge in [-0.2, -0.15) is 0 Å². The zero-order valence-corrected chi connectivity index (χ0v) is 10.6. The van der Waals surface area contributed by atoms with E-state index in [9.17, 15) is 10.1 Å². The van der Waals surface area contributed by atoms with Gasteiger partial charge in [0.15, 0.2) is 0 Å².